The first kappa shape index (κ1) is 14.0. The fraction of sp³-hybridized carbons (Fsp3) is 1.00. The third-order valence-corrected chi connectivity index (χ3v) is 4.07. The van der Waals surface area contributed by atoms with Crippen LogP contribution in [0.5, 0.6) is 0 Å². The smallest absolute Gasteiger partial charge is 0.0133 e. The molecule has 0 heterocycles. The summed E-state index contributed by atoms with van der Waals surface area (Å²) in [5.41, 5.74) is 0. The van der Waals surface area contributed by atoms with Crippen LogP contribution in [-0.4, -0.2) is 37.6 Å². The fourth-order valence-corrected chi connectivity index (χ4v) is 2.59. The van der Waals surface area contributed by atoms with E-state index < -0.39 is 0 Å². The molecular formula is C14H30N2. The molecule has 1 N–H and O–H groups in total. The molecule has 0 bridgehead atoms. The van der Waals surface area contributed by atoms with Crippen LogP contribution < -0.4 is 5.32 Å². The molecule has 0 spiro atoms. The van der Waals surface area contributed by atoms with Crippen molar-refractivity contribution in [2.75, 3.05) is 26.7 Å². The van der Waals surface area contributed by atoms with E-state index in [-0.39, 0.29) is 0 Å². The first-order chi connectivity index (χ1) is 7.69. The highest BCUT2D eigenvalue weighted by Gasteiger charge is 2.33. The lowest BCUT2D eigenvalue weighted by molar-refractivity contribution is 0.0725. The quantitative estimate of drug-likeness (QED) is 0.640. The van der Waals surface area contributed by atoms with Crippen molar-refractivity contribution in [2.24, 2.45) is 11.8 Å². The van der Waals surface area contributed by atoms with Crippen LogP contribution in [0.4, 0.5) is 0 Å². The van der Waals surface area contributed by atoms with Crippen LogP contribution >= 0.6 is 0 Å². The number of hydrogen-bond donors (Lipinski definition) is 1. The largest absolute Gasteiger partial charge is 0.316 e. The molecule has 1 saturated carbocycles. The zero-order valence-electron chi connectivity index (χ0n) is 11.6. The van der Waals surface area contributed by atoms with Crippen LogP contribution in [0.3, 0.4) is 0 Å². The number of hydrogen-bond acceptors (Lipinski definition) is 2. The van der Waals surface area contributed by atoms with Gasteiger partial charge in [-0.15, -0.1) is 0 Å². The van der Waals surface area contributed by atoms with Gasteiger partial charge in [-0.1, -0.05) is 27.2 Å². The molecule has 0 aromatic heterocycles. The minimum atomic E-state index is 0.842. The average molecular weight is 226 g/mol. The van der Waals surface area contributed by atoms with Crippen LogP contribution in [0.2, 0.25) is 0 Å². The Hall–Kier alpha value is -0.0800. The number of rotatable bonds is 8. The van der Waals surface area contributed by atoms with Crippen LogP contribution in [0.25, 0.3) is 0 Å². The van der Waals surface area contributed by atoms with Gasteiger partial charge >= 0.3 is 0 Å². The Labute approximate surface area is 102 Å². The van der Waals surface area contributed by atoms with E-state index in [0.29, 0.717) is 0 Å². The summed E-state index contributed by atoms with van der Waals surface area (Å²) in [5, 5.41) is 3.56. The van der Waals surface area contributed by atoms with Gasteiger partial charge in [0.1, 0.15) is 0 Å². The Morgan fingerprint density at radius 3 is 2.56 bits per heavy atom. The molecule has 0 aromatic carbocycles. The highest BCUT2D eigenvalue weighted by Crippen LogP contribution is 2.31. The van der Waals surface area contributed by atoms with E-state index in [0.717, 1.165) is 17.9 Å². The molecule has 2 nitrogen and oxygen atoms in total. The Kier molecular flexibility index (Phi) is 6.37. The topological polar surface area (TPSA) is 15.3 Å². The molecule has 1 rings (SSSR count). The van der Waals surface area contributed by atoms with Crippen LogP contribution in [0.15, 0.2) is 0 Å². The molecule has 96 valence electrons. The molecule has 0 aliphatic heterocycles. The third-order valence-electron chi connectivity index (χ3n) is 4.07. The average Bonchev–Trinajstić information content (AvgIpc) is 2.22. The monoisotopic (exact) mass is 226 g/mol. The molecule has 0 amide bonds. The highest BCUT2D eigenvalue weighted by molar-refractivity contribution is 4.89. The number of nitrogens with one attached hydrogen (secondary N) is 1. The highest BCUT2D eigenvalue weighted by atomic mass is 15.1. The minimum Gasteiger partial charge on any atom is -0.316 e. The van der Waals surface area contributed by atoms with E-state index in [1.165, 1.54) is 45.3 Å². The van der Waals surface area contributed by atoms with E-state index in [1.807, 2.05) is 0 Å². The summed E-state index contributed by atoms with van der Waals surface area (Å²) in [4.78, 5) is 2.59. The molecule has 16 heavy (non-hydrogen) atoms. The Balaban J connectivity index is 2.20. The molecule has 1 aliphatic rings. The summed E-state index contributed by atoms with van der Waals surface area (Å²) in [7, 11) is 2.31. The number of nitrogens with zero attached hydrogens (tertiary/aromatic N) is 1. The van der Waals surface area contributed by atoms with Crippen molar-refractivity contribution in [3.63, 3.8) is 0 Å². The van der Waals surface area contributed by atoms with Crippen molar-refractivity contribution in [1.82, 2.24) is 10.2 Å². The lowest BCUT2D eigenvalue weighted by atomic mass is 9.78. The van der Waals surface area contributed by atoms with Crippen molar-refractivity contribution in [3.05, 3.63) is 0 Å². The van der Waals surface area contributed by atoms with Gasteiger partial charge in [-0.25, -0.2) is 0 Å². The standard InChI is InChI=1S/C14H30N2/c1-5-9-15-10-13-7-8-14(13)16(4)11-12(3)6-2/h12-15H,5-11H2,1-4H3. The second-order valence-electron chi connectivity index (χ2n) is 5.56. The van der Waals surface area contributed by atoms with Crippen molar-refractivity contribution in [2.45, 2.75) is 52.5 Å². The van der Waals surface area contributed by atoms with Gasteiger partial charge in [0.2, 0.25) is 0 Å². The summed E-state index contributed by atoms with van der Waals surface area (Å²) < 4.78 is 0. The first-order valence-corrected chi connectivity index (χ1v) is 7.09. The van der Waals surface area contributed by atoms with Crippen LogP contribution in [0, 0.1) is 11.8 Å². The first-order valence-electron chi connectivity index (χ1n) is 7.09. The maximum Gasteiger partial charge on any atom is 0.0133 e. The molecular weight excluding hydrogens is 196 g/mol. The molecule has 1 aliphatic carbocycles. The van der Waals surface area contributed by atoms with Gasteiger partial charge in [0, 0.05) is 12.6 Å². The lowest BCUT2D eigenvalue weighted by Gasteiger charge is -2.43. The summed E-state index contributed by atoms with van der Waals surface area (Å²) >= 11 is 0. The molecule has 2 heteroatoms. The molecule has 3 atom stereocenters. The fourth-order valence-electron chi connectivity index (χ4n) is 2.59. The maximum atomic E-state index is 3.56. The van der Waals surface area contributed by atoms with E-state index in [9.17, 15) is 0 Å². The van der Waals surface area contributed by atoms with Crippen LogP contribution in [-0.2, 0) is 0 Å². The Morgan fingerprint density at radius 1 is 1.31 bits per heavy atom. The van der Waals surface area contributed by atoms with E-state index in [2.05, 4.69) is 38.0 Å². The van der Waals surface area contributed by atoms with Gasteiger partial charge in [0.25, 0.3) is 0 Å². The van der Waals surface area contributed by atoms with Gasteiger partial charge < -0.3 is 10.2 Å². The second-order valence-corrected chi connectivity index (χ2v) is 5.56. The van der Waals surface area contributed by atoms with E-state index in [1.54, 1.807) is 0 Å². The normalized spacial score (nSPS) is 26.8. The molecule has 0 radical (unpaired) electrons. The predicted octanol–water partition coefficient (Wildman–Crippen LogP) is 2.74. The van der Waals surface area contributed by atoms with Gasteiger partial charge in [0.15, 0.2) is 0 Å². The molecule has 0 aromatic rings. The Bertz CT molecular complexity index is 182. The summed E-state index contributed by atoms with van der Waals surface area (Å²) in [5.74, 6) is 1.75. The molecule has 1 fully saturated rings. The molecule has 0 saturated heterocycles. The SMILES string of the molecule is CCCNCC1CCC1N(C)CC(C)CC. The van der Waals surface area contributed by atoms with E-state index in [4.69, 9.17) is 0 Å². The van der Waals surface area contributed by atoms with Gasteiger partial charge in [-0.3, -0.25) is 0 Å². The predicted molar refractivity (Wildman–Crippen MR) is 71.8 cm³/mol. The third kappa shape index (κ3) is 4.06. The van der Waals surface area contributed by atoms with Crippen LogP contribution in [0.1, 0.15) is 46.5 Å². The summed E-state index contributed by atoms with van der Waals surface area (Å²) in [6.07, 6.45) is 5.38. The Morgan fingerprint density at radius 2 is 2.06 bits per heavy atom. The van der Waals surface area contributed by atoms with Crippen molar-refractivity contribution in [3.8, 4) is 0 Å². The zero-order valence-corrected chi connectivity index (χ0v) is 11.6. The lowest BCUT2D eigenvalue weighted by Crippen LogP contribution is -2.50. The van der Waals surface area contributed by atoms with Crippen molar-refractivity contribution < 1.29 is 0 Å². The minimum absolute atomic E-state index is 0.842. The maximum absolute atomic E-state index is 3.56. The van der Waals surface area contributed by atoms with Gasteiger partial charge in [0.05, 0.1) is 0 Å². The van der Waals surface area contributed by atoms with Gasteiger partial charge in [-0.05, 0) is 51.2 Å². The summed E-state index contributed by atoms with van der Waals surface area (Å²) in [6.45, 7) is 10.6. The zero-order chi connectivity index (χ0) is 12.0. The van der Waals surface area contributed by atoms with Crippen molar-refractivity contribution in [1.29, 1.82) is 0 Å². The summed E-state index contributed by atoms with van der Waals surface area (Å²) in [6, 6.07) is 0.846. The molecule has 3 unspecified atom stereocenters. The second kappa shape index (κ2) is 7.29. The van der Waals surface area contributed by atoms with E-state index >= 15 is 0 Å². The van der Waals surface area contributed by atoms with Gasteiger partial charge in [-0.2, -0.15) is 0 Å². The van der Waals surface area contributed by atoms with Crippen molar-refractivity contribution >= 4 is 0 Å².